The second kappa shape index (κ2) is 7.83. The van der Waals surface area contributed by atoms with Crippen molar-refractivity contribution in [3.8, 4) is 0 Å². The van der Waals surface area contributed by atoms with Gasteiger partial charge in [0.2, 0.25) is 0 Å². The molecule has 4 aliphatic carbocycles. The molecule has 2 aromatic rings. The molecule has 0 radical (unpaired) electrons. The lowest BCUT2D eigenvalue weighted by atomic mass is 9.49. The summed E-state index contributed by atoms with van der Waals surface area (Å²) in [6.45, 7) is 2.65. The summed E-state index contributed by atoms with van der Waals surface area (Å²) in [5, 5.41) is 3.27. The van der Waals surface area contributed by atoms with E-state index in [4.69, 9.17) is 0 Å². The zero-order chi connectivity index (χ0) is 22.7. The molecule has 4 bridgehead atoms. The molecule has 7 heteroatoms. The summed E-state index contributed by atoms with van der Waals surface area (Å²) in [5.41, 5.74) is 1.88. The summed E-state index contributed by atoms with van der Waals surface area (Å²) >= 11 is 0. The van der Waals surface area contributed by atoms with Crippen molar-refractivity contribution in [1.29, 1.82) is 0 Å². The second-order valence-corrected chi connectivity index (χ2v) is 11.5. The third-order valence-electron chi connectivity index (χ3n) is 8.97. The summed E-state index contributed by atoms with van der Waals surface area (Å²) in [5.74, 6) is 2.46. The number of amides is 2. The van der Waals surface area contributed by atoms with E-state index >= 15 is 0 Å². The predicted octanol–water partition coefficient (Wildman–Crippen LogP) is 3.06. The summed E-state index contributed by atoms with van der Waals surface area (Å²) in [6.07, 6.45) is 10.7. The average Bonchev–Trinajstić information content (AvgIpc) is 3.41. The largest absolute Gasteiger partial charge is 0.350 e. The van der Waals surface area contributed by atoms with Crippen LogP contribution in [0.2, 0.25) is 0 Å². The van der Waals surface area contributed by atoms with Gasteiger partial charge in [0, 0.05) is 32.4 Å². The highest BCUT2D eigenvalue weighted by molar-refractivity contribution is 5.95. The molecule has 0 spiro atoms. The van der Waals surface area contributed by atoms with Gasteiger partial charge in [-0.3, -0.25) is 14.0 Å². The lowest BCUT2D eigenvalue weighted by Gasteiger charge is -2.56. The molecular formula is C26H35N5O2. The number of nitrogens with one attached hydrogen (secondary N) is 1. The van der Waals surface area contributed by atoms with Crippen molar-refractivity contribution in [3.63, 3.8) is 0 Å². The maximum Gasteiger partial charge on any atom is 0.274 e. The third-order valence-corrected chi connectivity index (χ3v) is 8.97. The van der Waals surface area contributed by atoms with E-state index in [-0.39, 0.29) is 17.9 Å². The van der Waals surface area contributed by atoms with E-state index in [2.05, 4.69) is 22.2 Å². The molecule has 176 valence electrons. The van der Waals surface area contributed by atoms with Crippen LogP contribution in [0.25, 0.3) is 5.65 Å². The van der Waals surface area contributed by atoms with Crippen LogP contribution in [0, 0.1) is 23.2 Å². The summed E-state index contributed by atoms with van der Waals surface area (Å²) in [4.78, 5) is 35.0. The number of likely N-dealkylation sites (tertiary alicyclic amines) is 1. The predicted molar refractivity (Wildman–Crippen MR) is 126 cm³/mol. The van der Waals surface area contributed by atoms with Crippen molar-refractivity contribution in [1.82, 2.24) is 24.5 Å². The lowest BCUT2D eigenvalue weighted by molar-refractivity contribution is -0.0503. The van der Waals surface area contributed by atoms with E-state index in [9.17, 15) is 9.59 Å². The van der Waals surface area contributed by atoms with Crippen LogP contribution in [-0.4, -0.2) is 70.8 Å². The van der Waals surface area contributed by atoms with E-state index in [1.807, 2.05) is 25.2 Å². The first kappa shape index (κ1) is 21.1. The molecule has 5 fully saturated rings. The van der Waals surface area contributed by atoms with Crippen LogP contribution in [0.1, 0.15) is 65.9 Å². The van der Waals surface area contributed by atoms with Gasteiger partial charge < -0.3 is 15.1 Å². The van der Waals surface area contributed by atoms with Gasteiger partial charge in [-0.2, -0.15) is 0 Å². The van der Waals surface area contributed by atoms with Gasteiger partial charge in [0.1, 0.15) is 17.0 Å². The molecule has 33 heavy (non-hydrogen) atoms. The van der Waals surface area contributed by atoms with Crippen molar-refractivity contribution in [3.05, 3.63) is 35.8 Å². The van der Waals surface area contributed by atoms with E-state index in [0.29, 0.717) is 22.5 Å². The van der Waals surface area contributed by atoms with E-state index in [0.717, 1.165) is 43.8 Å². The lowest BCUT2D eigenvalue weighted by Crippen LogP contribution is -2.51. The minimum absolute atomic E-state index is 0.0708. The molecule has 1 unspecified atom stereocenters. The van der Waals surface area contributed by atoms with Crippen molar-refractivity contribution < 1.29 is 9.59 Å². The summed E-state index contributed by atoms with van der Waals surface area (Å²) in [6, 6.07) is 5.74. The standard InChI is InChI=1S/C26H35N5O2/c1-29-7-6-20(14-29)30(2)25(33)21-15-31-22(4-3-5-23(31)28-21)24(32)27-16-26-11-17-8-18(12-26)10-19(9-17)13-26/h3-5,15,17-20H,6-14,16H2,1-2H3,(H,27,32). The van der Waals surface area contributed by atoms with Gasteiger partial charge in [0.05, 0.1) is 0 Å². The highest BCUT2D eigenvalue weighted by atomic mass is 16.2. The molecule has 5 aliphatic rings. The normalized spacial score (nSPS) is 33.0. The smallest absolute Gasteiger partial charge is 0.274 e. The average molecular weight is 450 g/mol. The topological polar surface area (TPSA) is 70.0 Å². The quantitative estimate of drug-likeness (QED) is 0.762. The highest BCUT2D eigenvalue weighted by Crippen LogP contribution is 2.59. The number of carbonyl (C=O) groups is 2. The van der Waals surface area contributed by atoms with E-state index in [1.165, 1.54) is 38.5 Å². The number of imidazole rings is 1. The SMILES string of the molecule is CN1CCC(N(C)C(=O)c2cn3c(C(=O)NCC45CC6CC(CC(C6)C4)C5)cccc3n2)C1. The third kappa shape index (κ3) is 3.74. The fourth-order valence-electron chi connectivity index (χ4n) is 7.74. The van der Waals surface area contributed by atoms with E-state index < -0.39 is 0 Å². The Balaban J connectivity index is 1.18. The molecule has 1 atom stereocenters. The van der Waals surface area contributed by atoms with Crippen LogP contribution in [0.4, 0.5) is 0 Å². The Morgan fingerprint density at radius 1 is 1.15 bits per heavy atom. The summed E-state index contributed by atoms with van der Waals surface area (Å²) < 4.78 is 1.77. The number of fused-ring (bicyclic) bond motifs is 1. The summed E-state index contributed by atoms with van der Waals surface area (Å²) in [7, 11) is 3.94. The molecule has 1 saturated heterocycles. The molecule has 7 rings (SSSR count). The molecule has 2 amide bonds. The molecule has 1 aliphatic heterocycles. The maximum absolute atomic E-state index is 13.2. The Hall–Kier alpha value is -2.41. The first-order valence-corrected chi connectivity index (χ1v) is 12.6. The van der Waals surface area contributed by atoms with Crippen LogP contribution in [0.3, 0.4) is 0 Å². The zero-order valence-electron chi connectivity index (χ0n) is 19.8. The number of nitrogens with zero attached hydrogens (tertiary/aromatic N) is 4. The van der Waals surface area contributed by atoms with Crippen LogP contribution < -0.4 is 5.32 Å². The van der Waals surface area contributed by atoms with Crippen LogP contribution in [0.15, 0.2) is 24.4 Å². The number of likely N-dealkylation sites (N-methyl/N-ethyl adjacent to an activating group) is 2. The van der Waals surface area contributed by atoms with Gasteiger partial charge in [-0.15, -0.1) is 0 Å². The van der Waals surface area contributed by atoms with Crippen LogP contribution in [0.5, 0.6) is 0 Å². The van der Waals surface area contributed by atoms with Crippen LogP contribution in [-0.2, 0) is 0 Å². The van der Waals surface area contributed by atoms with Gasteiger partial charge in [-0.1, -0.05) is 6.07 Å². The monoisotopic (exact) mass is 449 g/mol. The Kier molecular flexibility index (Phi) is 5.02. The van der Waals surface area contributed by atoms with Gasteiger partial charge in [0.15, 0.2) is 0 Å². The van der Waals surface area contributed by atoms with Gasteiger partial charge in [0.25, 0.3) is 11.8 Å². The number of hydrogen-bond donors (Lipinski definition) is 1. The zero-order valence-corrected chi connectivity index (χ0v) is 19.8. The number of aromatic nitrogens is 2. The van der Waals surface area contributed by atoms with Crippen LogP contribution >= 0.6 is 0 Å². The molecule has 3 heterocycles. The molecular weight excluding hydrogens is 414 g/mol. The van der Waals surface area contributed by atoms with Crippen molar-refractivity contribution in [2.75, 3.05) is 33.7 Å². The number of hydrogen-bond acceptors (Lipinski definition) is 4. The van der Waals surface area contributed by atoms with Gasteiger partial charge in [-0.25, -0.2) is 4.98 Å². The van der Waals surface area contributed by atoms with Gasteiger partial charge in [-0.05, 0) is 93.8 Å². The molecule has 0 aromatic carbocycles. The fourth-order valence-corrected chi connectivity index (χ4v) is 7.74. The first-order chi connectivity index (χ1) is 15.9. The van der Waals surface area contributed by atoms with Crippen molar-refractivity contribution in [2.24, 2.45) is 23.2 Å². The maximum atomic E-state index is 13.2. The minimum Gasteiger partial charge on any atom is -0.350 e. The second-order valence-electron chi connectivity index (χ2n) is 11.5. The number of carbonyl (C=O) groups excluding carboxylic acids is 2. The Labute approximate surface area is 195 Å². The molecule has 7 nitrogen and oxygen atoms in total. The molecule has 2 aromatic heterocycles. The molecule has 4 saturated carbocycles. The minimum atomic E-state index is -0.0843. The highest BCUT2D eigenvalue weighted by Gasteiger charge is 2.50. The van der Waals surface area contributed by atoms with Crippen molar-refractivity contribution >= 4 is 17.5 Å². The number of pyridine rings is 1. The Morgan fingerprint density at radius 2 is 1.85 bits per heavy atom. The van der Waals surface area contributed by atoms with Gasteiger partial charge >= 0.3 is 0 Å². The Bertz CT molecular complexity index is 1060. The first-order valence-electron chi connectivity index (χ1n) is 12.6. The molecule has 1 N–H and O–H groups in total. The van der Waals surface area contributed by atoms with Crippen molar-refractivity contribution in [2.45, 2.75) is 51.0 Å². The van der Waals surface area contributed by atoms with E-state index in [1.54, 1.807) is 15.5 Å². The number of rotatable bonds is 5. The fraction of sp³-hybridized carbons (Fsp3) is 0.654. The Morgan fingerprint density at radius 3 is 2.48 bits per heavy atom.